The largest absolute Gasteiger partial charge is 0.462 e. The fourth-order valence-electron chi connectivity index (χ4n) is 2.26. The summed E-state index contributed by atoms with van der Waals surface area (Å²) in [5.41, 5.74) is 0.295. The Balaban J connectivity index is 1.94. The second kappa shape index (κ2) is 9.73. The minimum absolute atomic E-state index is 0.259. The molecule has 0 fully saturated rings. The second-order valence-corrected chi connectivity index (χ2v) is 6.01. The van der Waals surface area contributed by atoms with E-state index >= 15 is 0 Å². The highest BCUT2D eigenvalue weighted by molar-refractivity contribution is 6.02. The Labute approximate surface area is 161 Å². The number of benzene rings is 2. The standard InChI is InChI=1S/C21H20F3NO3/c1-2-3-13-28-20(27)16-8-10-18(11-9-16)25-19(26)12-7-15-5-4-6-17(14-15)21(22,23)24/h4-12,14H,2-3,13H2,1H3,(H,25,26)/b12-7+. The first-order valence-electron chi connectivity index (χ1n) is 8.73. The number of anilines is 1. The van der Waals surface area contributed by atoms with E-state index in [1.165, 1.54) is 30.3 Å². The van der Waals surface area contributed by atoms with Gasteiger partial charge in [0.1, 0.15) is 0 Å². The fraction of sp³-hybridized carbons (Fsp3) is 0.238. The molecular weight excluding hydrogens is 371 g/mol. The molecular formula is C21H20F3NO3. The Morgan fingerprint density at radius 2 is 1.82 bits per heavy atom. The minimum atomic E-state index is -4.44. The number of halogens is 3. The van der Waals surface area contributed by atoms with Crippen LogP contribution < -0.4 is 5.32 Å². The zero-order chi connectivity index (χ0) is 20.6. The summed E-state index contributed by atoms with van der Waals surface area (Å²) >= 11 is 0. The Morgan fingerprint density at radius 3 is 2.46 bits per heavy atom. The average Bonchev–Trinajstić information content (AvgIpc) is 2.66. The van der Waals surface area contributed by atoms with Crippen molar-refractivity contribution >= 4 is 23.6 Å². The molecule has 0 unspecified atom stereocenters. The molecule has 0 radical (unpaired) electrons. The molecule has 4 nitrogen and oxygen atoms in total. The lowest BCUT2D eigenvalue weighted by Gasteiger charge is -2.07. The van der Waals surface area contributed by atoms with Crippen molar-refractivity contribution in [2.75, 3.05) is 11.9 Å². The van der Waals surface area contributed by atoms with Crippen LogP contribution in [0.25, 0.3) is 6.08 Å². The number of carbonyl (C=O) groups excluding carboxylic acids is 2. The number of amides is 1. The molecule has 2 aromatic rings. The quantitative estimate of drug-likeness (QED) is 0.395. The van der Waals surface area contributed by atoms with E-state index < -0.39 is 23.6 Å². The van der Waals surface area contributed by atoms with Gasteiger partial charge < -0.3 is 10.1 Å². The van der Waals surface area contributed by atoms with Gasteiger partial charge in [-0.25, -0.2) is 4.79 Å². The number of unbranched alkanes of at least 4 members (excludes halogenated alkanes) is 1. The van der Waals surface area contributed by atoms with Crippen molar-refractivity contribution in [3.63, 3.8) is 0 Å². The molecule has 1 N–H and O–H groups in total. The molecule has 1 amide bonds. The smallest absolute Gasteiger partial charge is 0.416 e. The summed E-state index contributed by atoms with van der Waals surface area (Å²) in [6.07, 6.45) is -0.289. The van der Waals surface area contributed by atoms with Crippen LogP contribution in [0.1, 0.15) is 41.3 Å². The number of rotatable bonds is 7. The third-order valence-corrected chi connectivity index (χ3v) is 3.76. The first-order valence-corrected chi connectivity index (χ1v) is 8.73. The SMILES string of the molecule is CCCCOC(=O)c1ccc(NC(=O)/C=C/c2cccc(C(F)(F)F)c2)cc1. The number of hydrogen-bond donors (Lipinski definition) is 1. The van der Waals surface area contributed by atoms with Crippen LogP contribution in [0.4, 0.5) is 18.9 Å². The highest BCUT2D eigenvalue weighted by Crippen LogP contribution is 2.29. The average molecular weight is 391 g/mol. The summed E-state index contributed by atoms with van der Waals surface area (Å²) in [5.74, 6) is -0.938. The van der Waals surface area contributed by atoms with E-state index in [2.05, 4.69) is 5.32 Å². The zero-order valence-corrected chi connectivity index (χ0v) is 15.3. The van der Waals surface area contributed by atoms with Gasteiger partial charge in [-0.3, -0.25) is 4.79 Å². The van der Waals surface area contributed by atoms with Gasteiger partial charge in [0, 0.05) is 11.8 Å². The molecule has 0 aliphatic heterocycles. The number of alkyl halides is 3. The van der Waals surface area contributed by atoms with Crippen LogP contribution >= 0.6 is 0 Å². The minimum Gasteiger partial charge on any atom is -0.462 e. The van der Waals surface area contributed by atoms with Gasteiger partial charge >= 0.3 is 12.1 Å². The van der Waals surface area contributed by atoms with Gasteiger partial charge in [0.2, 0.25) is 5.91 Å². The molecule has 0 aliphatic carbocycles. The molecule has 2 rings (SSSR count). The van der Waals surface area contributed by atoms with E-state index in [4.69, 9.17) is 4.74 Å². The summed E-state index contributed by atoms with van der Waals surface area (Å²) < 4.78 is 43.2. The molecule has 28 heavy (non-hydrogen) atoms. The Morgan fingerprint density at radius 1 is 1.11 bits per heavy atom. The van der Waals surface area contributed by atoms with Crippen LogP contribution in [-0.2, 0) is 15.7 Å². The van der Waals surface area contributed by atoms with E-state index in [0.717, 1.165) is 31.1 Å². The Kier molecular flexibility index (Phi) is 7.37. The lowest BCUT2D eigenvalue weighted by molar-refractivity contribution is -0.137. The molecule has 0 aromatic heterocycles. The predicted octanol–water partition coefficient (Wildman–Crippen LogP) is 5.31. The van der Waals surface area contributed by atoms with Crippen molar-refractivity contribution in [2.24, 2.45) is 0 Å². The highest BCUT2D eigenvalue weighted by atomic mass is 19.4. The number of ether oxygens (including phenoxy) is 1. The van der Waals surface area contributed by atoms with Gasteiger partial charge in [0.25, 0.3) is 0 Å². The summed E-state index contributed by atoms with van der Waals surface area (Å²) in [7, 11) is 0. The maximum atomic E-state index is 12.7. The number of nitrogens with one attached hydrogen (secondary N) is 1. The monoisotopic (exact) mass is 391 g/mol. The lowest BCUT2D eigenvalue weighted by atomic mass is 10.1. The number of esters is 1. The van der Waals surface area contributed by atoms with Crippen LogP contribution in [0.15, 0.2) is 54.6 Å². The highest BCUT2D eigenvalue weighted by Gasteiger charge is 2.30. The maximum absolute atomic E-state index is 12.7. The van der Waals surface area contributed by atoms with E-state index in [1.807, 2.05) is 6.92 Å². The van der Waals surface area contributed by atoms with Crippen LogP contribution in [0.3, 0.4) is 0 Å². The normalized spacial score (nSPS) is 11.4. The molecule has 0 aliphatic rings. The van der Waals surface area contributed by atoms with Gasteiger partial charge in [-0.05, 0) is 54.5 Å². The number of hydrogen-bond acceptors (Lipinski definition) is 3. The molecule has 0 saturated heterocycles. The summed E-state index contributed by atoms with van der Waals surface area (Å²) in [6, 6.07) is 10.8. The molecule has 2 aromatic carbocycles. The third kappa shape index (κ3) is 6.57. The van der Waals surface area contributed by atoms with Gasteiger partial charge in [0.15, 0.2) is 0 Å². The van der Waals surface area contributed by atoms with Gasteiger partial charge in [0.05, 0.1) is 17.7 Å². The maximum Gasteiger partial charge on any atom is 0.416 e. The Bertz CT molecular complexity index is 843. The topological polar surface area (TPSA) is 55.4 Å². The van der Waals surface area contributed by atoms with Crippen molar-refractivity contribution in [1.82, 2.24) is 0 Å². The van der Waals surface area contributed by atoms with Crippen LogP contribution in [0, 0.1) is 0 Å². The van der Waals surface area contributed by atoms with E-state index in [1.54, 1.807) is 12.1 Å². The van der Waals surface area contributed by atoms with Gasteiger partial charge in [-0.2, -0.15) is 13.2 Å². The van der Waals surface area contributed by atoms with Crippen molar-refractivity contribution in [3.8, 4) is 0 Å². The van der Waals surface area contributed by atoms with Crippen molar-refractivity contribution in [1.29, 1.82) is 0 Å². The summed E-state index contributed by atoms with van der Waals surface area (Å²) in [5, 5.41) is 2.58. The third-order valence-electron chi connectivity index (χ3n) is 3.76. The number of carbonyl (C=O) groups is 2. The van der Waals surface area contributed by atoms with Crippen molar-refractivity contribution < 1.29 is 27.5 Å². The molecule has 7 heteroatoms. The molecule has 0 saturated carbocycles. The van der Waals surface area contributed by atoms with Crippen LogP contribution in [0.5, 0.6) is 0 Å². The first-order chi connectivity index (χ1) is 13.3. The van der Waals surface area contributed by atoms with Crippen LogP contribution in [0.2, 0.25) is 0 Å². The lowest BCUT2D eigenvalue weighted by Crippen LogP contribution is -2.09. The summed E-state index contributed by atoms with van der Waals surface area (Å²) in [6.45, 7) is 2.35. The zero-order valence-electron chi connectivity index (χ0n) is 15.3. The van der Waals surface area contributed by atoms with Gasteiger partial charge in [-0.15, -0.1) is 0 Å². The molecule has 0 atom stereocenters. The van der Waals surface area contributed by atoms with Gasteiger partial charge in [-0.1, -0.05) is 25.5 Å². The second-order valence-electron chi connectivity index (χ2n) is 6.01. The summed E-state index contributed by atoms with van der Waals surface area (Å²) in [4.78, 5) is 23.8. The van der Waals surface area contributed by atoms with E-state index in [9.17, 15) is 22.8 Å². The molecule has 0 spiro atoms. The first kappa shape index (κ1) is 21.2. The molecule has 0 bridgehead atoms. The van der Waals surface area contributed by atoms with E-state index in [-0.39, 0.29) is 5.56 Å². The molecule has 148 valence electrons. The fourth-order valence-corrected chi connectivity index (χ4v) is 2.26. The van der Waals surface area contributed by atoms with E-state index in [0.29, 0.717) is 17.9 Å². The Hall–Kier alpha value is -3.09. The van der Waals surface area contributed by atoms with Crippen molar-refractivity contribution in [3.05, 3.63) is 71.3 Å². The van der Waals surface area contributed by atoms with Crippen molar-refractivity contribution in [2.45, 2.75) is 25.9 Å². The molecule has 0 heterocycles. The van der Waals surface area contributed by atoms with Crippen LogP contribution in [-0.4, -0.2) is 18.5 Å². The predicted molar refractivity (Wildman–Crippen MR) is 101 cm³/mol.